The number of benzene rings is 1. The Morgan fingerprint density at radius 3 is 2.29 bits per heavy atom. The van der Waals surface area contributed by atoms with Crippen molar-refractivity contribution in [1.82, 2.24) is 0 Å². The molecule has 0 spiro atoms. The minimum Gasteiger partial charge on any atom is -0.507 e. The van der Waals surface area contributed by atoms with E-state index in [0.29, 0.717) is 0 Å². The maximum Gasteiger partial charge on any atom is 0.308 e. The summed E-state index contributed by atoms with van der Waals surface area (Å²) in [6.45, 7) is 2.93. The fourth-order valence-electron chi connectivity index (χ4n) is 5.73. The van der Waals surface area contributed by atoms with Crippen molar-refractivity contribution in [3.8, 4) is 11.5 Å². The van der Waals surface area contributed by atoms with Crippen LogP contribution in [0.1, 0.15) is 64.6 Å². The van der Waals surface area contributed by atoms with Crippen molar-refractivity contribution in [2.45, 2.75) is 68.9 Å². The molecule has 11 heteroatoms. The van der Waals surface area contributed by atoms with Gasteiger partial charge in [0.25, 0.3) is 0 Å². The lowest BCUT2D eigenvalue weighted by molar-refractivity contribution is -0.246. The average molecular weight is 476 g/mol. The van der Waals surface area contributed by atoms with Crippen molar-refractivity contribution in [2.24, 2.45) is 0 Å². The van der Waals surface area contributed by atoms with Crippen molar-refractivity contribution in [3.63, 3.8) is 0 Å². The minimum absolute atomic E-state index is 0.0898. The minimum atomic E-state index is -2.13. The lowest BCUT2D eigenvalue weighted by atomic mass is 9.66. The fourth-order valence-corrected chi connectivity index (χ4v) is 5.73. The van der Waals surface area contributed by atoms with E-state index in [1.54, 1.807) is 0 Å². The highest BCUT2D eigenvalue weighted by Gasteiger charge is 2.60. The quantitative estimate of drug-likeness (QED) is 0.284. The number of phenolic OH excluding ortho intramolecular Hbond substituents is 2. The molecule has 5 aliphatic rings. The molecule has 0 unspecified atom stereocenters. The third-order valence-electron chi connectivity index (χ3n) is 7.40. The predicted octanol–water partition coefficient (Wildman–Crippen LogP) is -0.103. The van der Waals surface area contributed by atoms with E-state index in [-0.39, 0.29) is 35.1 Å². The van der Waals surface area contributed by atoms with Gasteiger partial charge in [0.2, 0.25) is 0 Å². The Morgan fingerprint density at radius 2 is 1.68 bits per heavy atom. The van der Waals surface area contributed by atoms with Crippen LogP contribution in [-0.4, -0.2) is 80.7 Å². The van der Waals surface area contributed by atoms with Crippen LogP contribution in [0.2, 0.25) is 0 Å². The normalized spacial score (nSPS) is 36.2. The molecule has 182 valence electrons. The molecule has 3 aliphatic heterocycles. The van der Waals surface area contributed by atoms with Gasteiger partial charge in [0.05, 0.1) is 55.2 Å². The first-order valence-electron chi connectivity index (χ1n) is 10.9. The van der Waals surface area contributed by atoms with E-state index in [4.69, 9.17) is 9.47 Å². The van der Waals surface area contributed by atoms with Crippen LogP contribution in [0.15, 0.2) is 11.1 Å². The molecule has 1 saturated heterocycles. The molecule has 34 heavy (non-hydrogen) atoms. The van der Waals surface area contributed by atoms with Crippen molar-refractivity contribution in [2.75, 3.05) is 7.11 Å². The van der Waals surface area contributed by atoms with Crippen molar-refractivity contribution < 1.29 is 54.1 Å². The number of carbonyl (C=O) groups is 3. The number of hydrogen-bond donors (Lipinski definition) is 5. The number of ketones is 2. The molecule has 1 aromatic rings. The number of aliphatic hydroxyl groups is 3. The van der Waals surface area contributed by atoms with E-state index in [1.807, 2.05) is 0 Å². The molecule has 0 amide bonds. The number of carbonyl (C=O) groups excluding carboxylic acids is 3. The summed E-state index contributed by atoms with van der Waals surface area (Å²) in [6, 6.07) is 0. The molecule has 7 atom stereocenters. The monoisotopic (exact) mass is 476 g/mol. The maximum atomic E-state index is 13.6. The van der Waals surface area contributed by atoms with Gasteiger partial charge in [-0.1, -0.05) is 0 Å². The average Bonchev–Trinajstić information content (AvgIpc) is 2.77. The zero-order valence-corrected chi connectivity index (χ0v) is 18.6. The van der Waals surface area contributed by atoms with Gasteiger partial charge in [-0.25, -0.2) is 0 Å². The molecule has 2 bridgehead atoms. The summed E-state index contributed by atoms with van der Waals surface area (Å²) >= 11 is 0. The zero-order valence-electron chi connectivity index (χ0n) is 18.6. The van der Waals surface area contributed by atoms with E-state index in [2.05, 4.69) is 4.74 Å². The summed E-state index contributed by atoms with van der Waals surface area (Å²) in [6.07, 6.45) is -7.65. The Morgan fingerprint density at radius 1 is 1.06 bits per heavy atom. The van der Waals surface area contributed by atoms with Crippen molar-refractivity contribution >= 4 is 17.5 Å². The summed E-state index contributed by atoms with van der Waals surface area (Å²) in [7, 11) is 1.16. The molecule has 0 aromatic heterocycles. The lowest BCUT2D eigenvalue weighted by Crippen LogP contribution is -2.58. The standard InChI is InChI=1S/C23H24O11/c1-6-12-14(18(26)9(33-6)5-11(25)32-3)21(29)15-16(19(12)27)22(30)17-13(20(15)28)8-4-10(24)23(17,31)7(2)34-8/h6-10,18,24,26,28,30-31H,4-5H2,1-3H3/t6-,7-,8+,9-,10-,18+,23-/m0/s1. The Hall–Kier alpha value is -2.83. The Balaban J connectivity index is 1.72. The highest BCUT2D eigenvalue weighted by Crippen LogP contribution is 2.59. The number of ether oxygens (including phenoxy) is 3. The SMILES string of the molecule is COC(=O)C[C@@H]1O[C@@H](C)C2=C(C(=O)c3c(O)c4c(c(O)c3C2=O)[C@]2(O)[C@H](C)O[C@@H]4C[C@@H]2O)[C@@H]1O. The third-order valence-corrected chi connectivity index (χ3v) is 7.40. The molecule has 3 heterocycles. The van der Waals surface area contributed by atoms with Crippen LogP contribution in [0.5, 0.6) is 11.5 Å². The van der Waals surface area contributed by atoms with Crippen LogP contribution in [-0.2, 0) is 24.6 Å². The summed E-state index contributed by atoms with van der Waals surface area (Å²) in [5.74, 6) is -3.91. The maximum absolute atomic E-state index is 13.6. The lowest BCUT2D eigenvalue weighted by Gasteiger charge is -2.52. The van der Waals surface area contributed by atoms with E-state index in [0.717, 1.165) is 7.11 Å². The smallest absolute Gasteiger partial charge is 0.308 e. The van der Waals surface area contributed by atoms with Crippen LogP contribution < -0.4 is 0 Å². The van der Waals surface area contributed by atoms with Gasteiger partial charge in [0, 0.05) is 28.7 Å². The molecule has 0 radical (unpaired) electrons. The van der Waals surface area contributed by atoms with Crippen LogP contribution in [0.25, 0.3) is 0 Å². The van der Waals surface area contributed by atoms with Gasteiger partial charge < -0.3 is 39.7 Å². The first kappa shape index (κ1) is 22.9. The summed E-state index contributed by atoms with van der Waals surface area (Å²) < 4.78 is 15.9. The number of phenols is 2. The molecule has 5 N–H and O–H groups in total. The molecule has 0 saturated carbocycles. The third kappa shape index (κ3) is 2.67. The molecular weight excluding hydrogens is 452 g/mol. The Kier molecular flexibility index (Phi) is 4.95. The van der Waals surface area contributed by atoms with Gasteiger partial charge in [-0.3, -0.25) is 14.4 Å². The second-order valence-electron chi connectivity index (χ2n) is 9.11. The number of methoxy groups -OCH3 is 1. The van der Waals surface area contributed by atoms with Gasteiger partial charge >= 0.3 is 5.97 Å². The number of rotatable bonds is 2. The van der Waals surface area contributed by atoms with E-state index < -0.39 is 82.4 Å². The Bertz CT molecular complexity index is 1170. The van der Waals surface area contributed by atoms with Gasteiger partial charge in [-0.2, -0.15) is 0 Å². The highest BCUT2D eigenvalue weighted by atomic mass is 16.5. The van der Waals surface area contributed by atoms with Crippen LogP contribution in [0.4, 0.5) is 0 Å². The van der Waals surface area contributed by atoms with Gasteiger partial charge in [-0.15, -0.1) is 0 Å². The van der Waals surface area contributed by atoms with E-state index in [1.165, 1.54) is 13.8 Å². The van der Waals surface area contributed by atoms with Gasteiger partial charge in [0.1, 0.15) is 23.2 Å². The van der Waals surface area contributed by atoms with Gasteiger partial charge in [0.15, 0.2) is 11.6 Å². The molecule has 11 nitrogen and oxygen atoms in total. The summed E-state index contributed by atoms with van der Waals surface area (Å²) in [5.41, 5.74) is -4.12. The number of fused-ring (bicyclic) bond motifs is 3. The van der Waals surface area contributed by atoms with Crippen LogP contribution in [0.3, 0.4) is 0 Å². The topological polar surface area (TPSA) is 180 Å². The molecule has 6 rings (SSSR count). The fraction of sp³-hybridized carbons (Fsp3) is 0.522. The molecule has 1 fully saturated rings. The molecule has 2 aliphatic carbocycles. The van der Waals surface area contributed by atoms with Crippen LogP contribution in [0, 0.1) is 0 Å². The first-order valence-corrected chi connectivity index (χ1v) is 10.9. The van der Waals surface area contributed by atoms with E-state index >= 15 is 0 Å². The molecule has 1 aromatic carbocycles. The number of esters is 1. The van der Waals surface area contributed by atoms with Crippen molar-refractivity contribution in [3.05, 3.63) is 33.4 Å². The second kappa shape index (κ2) is 7.33. The largest absolute Gasteiger partial charge is 0.507 e. The zero-order chi connectivity index (χ0) is 24.9. The summed E-state index contributed by atoms with van der Waals surface area (Å²) in [4.78, 5) is 38.8. The van der Waals surface area contributed by atoms with Crippen molar-refractivity contribution in [1.29, 1.82) is 0 Å². The van der Waals surface area contributed by atoms with Gasteiger partial charge in [-0.05, 0) is 13.8 Å². The first-order chi connectivity index (χ1) is 15.9. The second-order valence-corrected chi connectivity index (χ2v) is 9.11. The molecular formula is C23H24O11. The Labute approximate surface area is 193 Å². The predicted molar refractivity (Wildman–Crippen MR) is 110 cm³/mol. The van der Waals surface area contributed by atoms with Crippen LogP contribution >= 0.6 is 0 Å². The number of Topliss-reactive ketones (excluding diaryl/α,β-unsaturated/α-hetero) is 2. The number of hydrogen-bond acceptors (Lipinski definition) is 11. The van der Waals surface area contributed by atoms with E-state index in [9.17, 15) is 39.9 Å². The highest BCUT2D eigenvalue weighted by molar-refractivity contribution is 6.30. The number of aromatic hydroxyl groups is 2. The summed E-state index contributed by atoms with van der Waals surface area (Å²) in [5, 5.41) is 54.9. The number of aliphatic hydroxyl groups excluding tert-OH is 2.